The first-order valence-electron chi connectivity index (χ1n) is 6.30. The highest BCUT2D eigenvalue weighted by Gasteiger charge is 2.36. The summed E-state index contributed by atoms with van der Waals surface area (Å²) in [6.45, 7) is 0.756. The maximum absolute atomic E-state index is 12.9. The lowest BCUT2D eigenvalue weighted by Crippen LogP contribution is -2.50. The number of rotatable bonds is 1. The van der Waals surface area contributed by atoms with Gasteiger partial charge in [-0.25, -0.2) is 0 Å². The average molecular weight is 296 g/mol. The molecule has 0 bridgehead atoms. The number of piperazine rings is 1. The molecule has 2 radical (unpaired) electrons. The Labute approximate surface area is 120 Å². The second kappa shape index (κ2) is 5.79. The topological polar surface area (TPSA) is 40.6 Å². The summed E-state index contributed by atoms with van der Waals surface area (Å²) < 4.78 is 38.7. The van der Waals surface area contributed by atoms with E-state index in [0.29, 0.717) is 0 Å². The maximum atomic E-state index is 12.9. The molecular formula is C13H12BF3N2O2. The molecule has 0 atom stereocenters. The number of benzene rings is 1. The monoisotopic (exact) mass is 296 g/mol. The van der Waals surface area contributed by atoms with E-state index in [9.17, 15) is 22.8 Å². The first-order valence-corrected chi connectivity index (χ1v) is 6.30. The first kappa shape index (κ1) is 15.4. The van der Waals surface area contributed by atoms with Crippen LogP contribution in [0.4, 0.5) is 18.0 Å². The Hall–Kier alpha value is -1.99. The summed E-state index contributed by atoms with van der Waals surface area (Å²) in [6, 6.07) is 4.67. The van der Waals surface area contributed by atoms with Crippen LogP contribution in [0.3, 0.4) is 0 Å². The zero-order valence-electron chi connectivity index (χ0n) is 11.1. The van der Waals surface area contributed by atoms with Gasteiger partial charge < -0.3 is 9.80 Å². The molecule has 1 aliphatic rings. The van der Waals surface area contributed by atoms with Crippen LogP contribution >= 0.6 is 0 Å². The minimum Gasteiger partial charge on any atom is -0.349 e. The average Bonchev–Trinajstić information content (AvgIpc) is 2.45. The Morgan fingerprint density at radius 3 is 2.05 bits per heavy atom. The van der Waals surface area contributed by atoms with E-state index in [1.54, 1.807) is 0 Å². The van der Waals surface area contributed by atoms with Crippen molar-refractivity contribution in [3.8, 4) is 0 Å². The molecular weight excluding hydrogens is 284 g/mol. The summed E-state index contributed by atoms with van der Waals surface area (Å²) in [4.78, 5) is 25.9. The number of hydrogen-bond acceptors (Lipinski definition) is 2. The van der Waals surface area contributed by atoms with Crippen LogP contribution in [0.5, 0.6) is 0 Å². The maximum Gasteiger partial charge on any atom is 0.417 e. The van der Waals surface area contributed by atoms with Gasteiger partial charge in [-0.1, -0.05) is 12.1 Å². The predicted molar refractivity (Wildman–Crippen MR) is 70.1 cm³/mol. The van der Waals surface area contributed by atoms with Gasteiger partial charge in [0.15, 0.2) is 5.81 Å². The lowest BCUT2D eigenvalue weighted by molar-refractivity contribution is -0.138. The fourth-order valence-electron chi connectivity index (χ4n) is 2.22. The highest BCUT2D eigenvalue weighted by molar-refractivity contribution is 6.56. The summed E-state index contributed by atoms with van der Waals surface area (Å²) in [5, 5.41) is 0. The fourth-order valence-corrected chi connectivity index (χ4v) is 2.22. The van der Waals surface area contributed by atoms with Crippen molar-refractivity contribution in [2.45, 2.75) is 6.18 Å². The molecule has 8 heteroatoms. The summed E-state index contributed by atoms with van der Waals surface area (Å²) in [5.41, 5.74) is -1.33. The zero-order valence-corrected chi connectivity index (χ0v) is 11.1. The molecule has 1 aliphatic heterocycles. The number of amides is 2. The molecule has 2 rings (SSSR count). The van der Waals surface area contributed by atoms with Gasteiger partial charge in [-0.15, -0.1) is 0 Å². The van der Waals surface area contributed by atoms with E-state index >= 15 is 0 Å². The quantitative estimate of drug-likeness (QED) is 0.741. The molecule has 1 aromatic rings. The van der Waals surface area contributed by atoms with Crippen molar-refractivity contribution in [2.75, 3.05) is 26.2 Å². The third-order valence-corrected chi connectivity index (χ3v) is 3.34. The second-order valence-electron chi connectivity index (χ2n) is 4.66. The highest BCUT2D eigenvalue weighted by Crippen LogP contribution is 2.32. The second-order valence-corrected chi connectivity index (χ2v) is 4.66. The Balaban J connectivity index is 2.17. The molecule has 2 amide bonds. The third kappa shape index (κ3) is 3.37. The van der Waals surface area contributed by atoms with Crippen molar-refractivity contribution in [1.29, 1.82) is 0 Å². The fraction of sp³-hybridized carbons (Fsp3) is 0.385. The van der Waals surface area contributed by atoms with Crippen LogP contribution in [0.1, 0.15) is 15.9 Å². The lowest BCUT2D eigenvalue weighted by atomic mass is 10.0. The van der Waals surface area contributed by atoms with Crippen molar-refractivity contribution < 1.29 is 22.8 Å². The van der Waals surface area contributed by atoms with E-state index in [-0.39, 0.29) is 31.7 Å². The number of halogens is 3. The third-order valence-electron chi connectivity index (χ3n) is 3.34. The number of carbonyl (C=O) groups excluding carboxylic acids is 2. The van der Waals surface area contributed by atoms with E-state index in [1.165, 1.54) is 21.9 Å². The van der Waals surface area contributed by atoms with Crippen LogP contribution in [-0.4, -0.2) is 55.5 Å². The van der Waals surface area contributed by atoms with Gasteiger partial charge in [0.2, 0.25) is 7.85 Å². The zero-order chi connectivity index (χ0) is 15.6. The molecule has 0 aromatic heterocycles. The van der Waals surface area contributed by atoms with Gasteiger partial charge in [0, 0.05) is 26.2 Å². The van der Waals surface area contributed by atoms with Gasteiger partial charge in [0.05, 0.1) is 11.1 Å². The number of carbonyl (C=O) groups is 2. The molecule has 0 N–H and O–H groups in total. The Morgan fingerprint density at radius 2 is 1.52 bits per heavy atom. The minimum atomic E-state index is -4.58. The molecule has 1 fully saturated rings. The number of alkyl halides is 3. The molecule has 0 aliphatic carbocycles. The normalized spacial score (nSPS) is 16.0. The summed E-state index contributed by atoms with van der Waals surface area (Å²) in [7, 11) is 5.12. The van der Waals surface area contributed by atoms with Crippen molar-refractivity contribution in [3.05, 3.63) is 35.4 Å². The molecule has 21 heavy (non-hydrogen) atoms. The van der Waals surface area contributed by atoms with Gasteiger partial charge in [-0.3, -0.25) is 9.59 Å². The van der Waals surface area contributed by atoms with Crippen molar-refractivity contribution in [2.24, 2.45) is 0 Å². The van der Waals surface area contributed by atoms with Gasteiger partial charge >= 0.3 is 6.18 Å². The SMILES string of the molecule is [B]C(=O)N1CCN(C(=O)c2ccccc2C(F)(F)F)CC1. The van der Waals surface area contributed by atoms with E-state index in [4.69, 9.17) is 7.85 Å². The molecule has 4 nitrogen and oxygen atoms in total. The lowest BCUT2D eigenvalue weighted by Gasteiger charge is -2.35. The molecule has 0 unspecified atom stereocenters. The van der Waals surface area contributed by atoms with Crippen molar-refractivity contribution in [3.63, 3.8) is 0 Å². The van der Waals surface area contributed by atoms with Crippen LogP contribution in [-0.2, 0) is 6.18 Å². The van der Waals surface area contributed by atoms with E-state index < -0.39 is 23.5 Å². The summed E-state index contributed by atoms with van der Waals surface area (Å²) >= 11 is 0. The summed E-state index contributed by atoms with van der Waals surface area (Å²) in [5.74, 6) is -1.29. The van der Waals surface area contributed by atoms with Crippen LogP contribution in [0.2, 0.25) is 0 Å². The molecule has 1 heterocycles. The van der Waals surface area contributed by atoms with Gasteiger partial charge in [-0.2, -0.15) is 13.2 Å². The van der Waals surface area contributed by atoms with Crippen LogP contribution in [0.15, 0.2) is 24.3 Å². The van der Waals surface area contributed by atoms with Crippen LogP contribution in [0, 0.1) is 0 Å². The van der Waals surface area contributed by atoms with Crippen LogP contribution < -0.4 is 0 Å². The smallest absolute Gasteiger partial charge is 0.349 e. The molecule has 0 saturated carbocycles. The van der Waals surface area contributed by atoms with Gasteiger partial charge in [0.25, 0.3) is 5.91 Å². The molecule has 1 saturated heterocycles. The molecule has 1 aromatic carbocycles. The molecule has 110 valence electrons. The Morgan fingerprint density at radius 1 is 1.00 bits per heavy atom. The number of hydrogen-bond donors (Lipinski definition) is 0. The van der Waals surface area contributed by atoms with Crippen LogP contribution in [0.25, 0.3) is 0 Å². The Bertz CT molecular complexity index is 555. The van der Waals surface area contributed by atoms with Gasteiger partial charge in [0.1, 0.15) is 0 Å². The summed E-state index contributed by atoms with van der Waals surface area (Å²) in [6.07, 6.45) is -4.58. The van der Waals surface area contributed by atoms with Gasteiger partial charge in [-0.05, 0) is 12.1 Å². The van der Waals surface area contributed by atoms with Crippen molar-refractivity contribution >= 4 is 19.6 Å². The number of nitrogens with zero attached hydrogens (tertiary/aromatic N) is 2. The predicted octanol–water partition coefficient (Wildman–Crippen LogP) is 1.75. The standard InChI is InChI=1S/C13H12BF3N2O2/c14-12(21)19-7-5-18(6-8-19)11(20)9-3-1-2-4-10(9)13(15,16)17/h1-4H,5-8H2. The van der Waals surface area contributed by atoms with E-state index in [2.05, 4.69) is 0 Å². The Kier molecular flexibility index (Phi) is 4.25. The minimum absolute atomic E-state index is 0.161. The highest BCUT2D eigenvalue weighted by atomic mass is 19.4. The largest absolute Gasteiger partial charge is 0.417 e. The van der Waals surface area contributed by atoms with E-state index in [0.717, 1.165) is 12.1 Å². The first-order chi connectivity index (χ1) is 9.80. The van der Waals surface area contributed by atoms with E-state index in [1.807, 2.05) is 0 Å². The molecule has 0 spiro atoms. The van der Waals surface area contributed by atoms with Crippen molar-refractivity contribution in [1.82, 2.24) is 9.80 Å².